The number of nitrogens with zero attached hydrogens (tertiary/aromatic N) is 3. The van der Waals surface area contributed by atoms with E-state index in [0.29, 0.717) is 40.7 Å². The van der Waals surface area contributed by atoms with Crippen molar-refractivity contribution in [2.75, 3.05) is 6.61 Å². The highest BCUT2D eigenvalue weighted by molar-refractivity contribution is 14.1. The molecular formula is C35H31IN4O5. The molecule has 0 aliphatic carbocycles. The van der Waals surface area contributed by atoms with Gasteiger partial charge in [-0.3, -0.25) is 4.79 Å². The summed E-state index contributed by atoms with van der Waals surface area (Å²) in [6, 6.07) is 28.4. The standard InChI is InChI=1S/C35H31IN4O5/c1-4-42-33-18-25(17-31(36)34(33)44-21-27-8-6-5-7-26(27)19-37)20-38-39-35(41)32-16-15-30(45-32)22-43-29-13-11-28(12-14-29)40-23(2)9-10-24(40)3/h5-18,20H,4,21-22H2,1-3H3,(H,39,41)/b38-20+. The first-order valence-electron chi connectivity index (χ1n) is 14.2. The summed E-state index contributed by atoms with van der Waals surface area (Å²) in [6.07, 6.45) is 1.52. The molecule has 5 rings (SSSR count). The van der Waals surface area contributed by atoms with Gasteiger partial charge in [-0.1, -0.05) is 18.2 Å². The molecule has 2 heterocycles. The number of nitriles is 1. The Kier molecular flexibility index (Phi) is 10.2. The minimum Gasteiger partial charge on any atom is -0.490 e. The number of amides is 1. The fraction of sp³-hybridized carbons (Fsp3) is 0.171. The summed E-state index contributed by atoms with van der Waals surface area (Å²) >= 11 is 2.16. The van der Waals surface area contributed by atoms with E-state index in [9.17, 15) is 10.1 Å². The lowest BCUT2D eigenvalue weighted by molar-refractivity contribution is 0.0923. The summed E-state index contributed by atoms with van der Waals surface area (Å²) in [6.45, 7) is 6.85. The van der Waals surface area contributed by atoms with E-state index in [1.54, 1.807) is 24.3 Å². The second-order valence-electron chi connectivity index (χ2n) is 10.0. The minimum atomic E-state index is -0.491. The number of carbonyl (C=O) groups is 1. The molecule has 0 bridgehead atoms. The molecule has 1 N–H and O–H groups in total. The highest BCUT2D eigenvalue weighted by Crippen LogP contribution is 2.34. The van der Waals surface area contributed by atoms with E-state index in [1.807, 2.05) is 55.5 Å². The first-order chi connectivity index (χ1) is 21.9. The van der Waals surface area contributed by atoms with Crippen LogP contribution in [0.1, 0.15) is 51.3 Å². The third kappa shape index (κ3) is 7.74. The Balaban J connectivity index is 1.17. The number of aryl methyl sites for hydroxylation is 2. The second-order valence-corrected chi connectivity index (χ2v) is 11.2. The maximum atomic E-state index is 12.7. The molecule has 228 valence electrons. The van der Waals surface area contributed by atoms with Crippen molar-refractivity contribution in [2.45, 2.75) is 34.0 Å². The average molecular weight is 715 g/mol. The maximum Gasteiger partial charge on any atom is 0.307 e. The fourth-order valence-electron chi connectivity index (χ4n) is 4.69. The summed E-state index contributed by atoms with van der Waals surface area (Å²) in [7, 11) is 0. The zero-order valence-electron chi connectivity index (χ0n) is 25.0. The topological polar surface area (TPSA) is 111 Å². The Morgan fingerprint density at radius 3 is 2.47 bits per heavy atom. The van der Waals surface area contributed by atoms with Crippen LogP contribution in [0.5, 0.6) is 17.2 Å². The smallest absolute Gasteiger partial charge is 0.307 e. The van der Waals surface area contributed by atoms with Crippen molar-refractivity contribution in [1.29, 1.82) is 5.26 Å². The molecule has 0 radical (unpaired) electrons. The summed E-state index contributed by atoms with van der Waals surface area (Å²) in [5.41, 5.74) is 7.93. The average Bonchev–Trinajstić information content (AvgIpc) is 3.66. The molecule has 0 aliphatic heterocycles. The third-order valence-corrected chi connectivity index (χ3v) is 7.66. The molecule has 2 aromatic heterocycles. The molecule has 0 saturated carbocycles. The largest absolute Gasteiger partial charge is 0.490 e. The van der Waals surface area contributed by atoms with Gasteiger partial charge in [-0.05, 0) is 116 Å². The molecule has 0 atom stereocenters. The minimum absolute atomic E-state index is 0.116. The van der Waals surface area contributed by atoms with Gasteiger partial charge in [0.05, 0.1) is 28.0 Å². The van der Waals surface area contributed by atoms with Crippen molar-refractivity contribution in [3.05, 3.63) is 128 Å². The van der Waals surface area contributed by atoms with E-state index in [4.69, 9.17) is 18.6 Å². The lowest BCUT2D eigenvalue weighted by Crippen LogP contribution is -2.16. The Bertz CT molecular complexity index is 1850. The number of benzene rings is 3. The quantitative estimate of drug-likeness (QED) is 0.0815. The molecule has 0 saturated heterocycles. The number of halogens is 1. The summed E-state index contributed by atoms with van der Waals surface area (Å²) in [5, 5.41) is 13.5. The Labute approximate surface area is 275 Å². The number of furan rings is 1. The van der Waals surface area contributed by atoms with Gasteiger partial charge >= 0.3 is 5.91 Å². The van der Waals surface area contributed by atoms with Crippen LogP contribution in [0.2, 0.25) is 0 Å². The lowest BCUT2D eigenvalue weighted by atomic mass is 10.1. The van der Waals surface area contributed by atoms with Crippen LogP contribution in [-0.4, -0.2) is 23.3 Å². The first-order valence-corrected chi connectivity index (χ1v) is 15.3. The molecule has 1 amide bonds. The van der Waals surface area contributed by atoms with Gasteiger partial charge in [-0.2, -0.15) is 10.4 Å². The van der Waals surface area contributed by atoms with E-state index in [0.717, 1.165) is 26.2 Å². The zero-order valence-corrected chi connectivity index (χ0v) is 27.2. The predicted molar refractivity (Wildman–Crippen MR) is 179 cm³/mol. The van der Waals surface area contributed by atoms with Crippen molar-refractivity contribution in [2.24, 2.45) is 5.10 Å². The van der Waals surface area contributed by atoms with Crippen LogP contribution in [0, 0.1) is 28.7 Å². The Hall–Kier alpha value is -5.02. The third-order valence-electron chi connectivity index (χ3n) is 6.85. The van der Waals surface area contributed by atoms with E-state index >= 15 is 0 Å². The number of ether oxygens (including phenoxy) is 3. The van der Waals surface area contributed by atoms with Gasteiger partial charge in [0.2, 0.25) is 0 Å². The molecule has 0 spiro atoms. The van der Waals surface area contributed by atoms with Crippen LogP contribution in [0.4, 0.5) is 0 Å². The lowest BCUT2D eigenvalue weighted by Gasteiger charge is -2.15. The van der Waals surface area contributed by atoms with Gasteiger partial charge in [-0.15, -0.1) is 0 Å². The molecule has 0 fully saturated rings. The highest BCUT2D eigenvalue weighted by atomic mass is 127. The number of hydrogen-bond acceptors (Lipinski definition) is 7. The van der Waals surface area contributed by atoms with Crippen LogP contribution in [0.15, 0.2) is 94.4 Å². The molecular weight excluding hydrogens is 683 g/mol. The van der Waals surface area contributed by atoms with E-state index < -0.39 is 5.91 Å². The fourth-order valence-corrected chi connectivity index (χ4v) is 5.47. The number of hydrazone groups is 1. The molecule has 3 aromatic carbocycles. The number of carbonyl (C=O) groups excluding carboxylic acids is 1. The van der Waals surface area contributed by atoms with E-state index in [2.05, 4.69) is 69.7 Å². The maximum absolute atomic E-state index is 12.7. The van der Waals surface area contributed by atoms with Crippen LogP contribution >= 0.6 is 22.6 Å². The van der Waals surface area contributed by atoms with Crippen LogP contribution in [-0.2, 0) is 13.2 Å². The van der Waals surface area contributed by atoms with Crippen molar-refractivity contribution < 1.29 is 23.4 Å². The number of aromatic nitrogens is 1. The van der Waals surface area contributed by atoms with Crippen LogP contribution in [0.3, 0.4) is 0 Å². The van der Waals surface area contributed by atoms with Gasteiger partial charge < -0.3 is 23.2 Å². The number of nitrogens with one attached hydrogen (secondary N) is 1. The van der Waals surface area contributed by atoms with Crippen molar-refractivity contribution in [1.82, 2.24) is 9.99 Å². The SMILES string of the molecule is CCOc1cc(/C=N/NC(=O)c2ccc(COc3ccc(-n4c(C)ccc4C)cc3)o2)cc(I)c1OCc1ccccc1C#N. The number of rotatable bonds is 12. The van der Waals surface area contributed by atoms with Gasteiger partial charge in [-0.25, -0.2) is 5.43 Å². The monoisotopic (exact) mass is 714 g/mol. The van der Waals surface area contributed by atoms with Crippen molar-refractivity contribution in [3.8, 4) is 29.0 Å². The van der Waals surface area contributed by atoms with Crippen LogP contribution < -0.4 is 19.6 Å². The highest BCUT2D eigenvalue weighted by Gasteiger charge is 2.14. The molecule has 45 heavy (non-hydrogen) atoms. The van der Waals surface area contributed by atoms with Gasteiger partial charge in [0, 0.05) is 22.6 Å². The first kappa shape index (κ1) is 31.4. The molecule has 0 unspecified atom stereocenters. The summed E-state index contributed by atoms with van der Waals surface area (Å²) in [5.74, 6) is 1.93. The molecule has 9 nitrogen and oxygen atoms in total. The Morgan fingerprint density at radius 2 is 1.73 bits per heavy atom. The summed E-state index contributed by atoms with van der Waals surface area (Å²) in [4.78, 5) is 12.7. The molecule has 0 aliphatic rings. The van der Waals surface area contributed by atoms with E-state index in [-0.39, 0.29) is 19.0 Å². The Morgan fingerprint density at radius 1 is 0.978 bits per heavy atom. The van der Waals surface area contributed by atoms with Crippen molar-refractivity contribution in [3.63, 3.8) is 0 Å². The van der Waals surface area contributed by atoms with Crippen molar-refractivity contribution >= 4 is 34.7 Å². The van der Waals surface area contributed by atoms with E-state index in [1.165, 1.54) is 6.21 Å². The second kappa shape index (κ2) is 14.6. The zero-order chi connectivity index (χ0) is 31.8. The van der Waals surface area contributed by atoms with Gasteiger partial charge in [0.1, 0.15) is 24.7 Å². The van der Waals surface area contributed by atoms with Crippen LogP contribution in [0.25, 0.3) is 5.69 Å². The summed E-state index contributed by atoms with van der Waals surface area (Å²) < 4.78 is 26.4. The van der Waals surface area contributed by atoms with Gasteiger partial charge in [0.15, 0.2) is 17.3 Å². The normalized spacial score (nSPS) is 10.9. The molecule has 5 aromatic rings. The predicted octanol–water partition coefficient (Wildman–Crippen LogP) is 7.48. The molecule has 10 heteroatoms. The van der Waals surface area contributed by atoms with Gasteiger partial charge in [0.25, 0.3) is 0 Å². The number of hydrogen-bond donors (Lipinski definition) is 1.